The van der Waals surface area contributed by atoms with E-state index in [-0.39, 0.29) is 31.1 Å². The second-order valence-electron chi connectivity index (χ2n) is 7.09. The number of carbonyl (C=O) groups is 1. The third kappa shape index (κ3) is 4.36. The van der Waals surface area contributed by atoms with Crippen molar-refractivity contribution in [3.8, 4) is 28.7 Å². The van der Waals surface area contributed by atoms with Crippen molar-refractivity contribution in [2.24, 2.45) is 0 Å². The molecule has 0 aliphatic heterocycles. The molecule has 1 aliphatic carbocycles. The highest BCUT2D eigenvalue weighted by molar-refractivity contribution is 5.79. The number of hydrogen-bond acceptors (Lipinski definition) is 3. The van der Waals surface area contributed by atoms with Gasteiger partial charge in [-0.25, -0.2) is 13.6 Å². The maximum absolute atomic E-state index is 13.2. The Kier molecular flexibility index (Phi) is 5.85. The quantitative estimate of drug-likeness (QED) is 0.465. The van der Waals surface area contributed by atoms with E-state index in [9.17, 15) is 18.7 Å². The molecule has 0 saturated carbocycles. The predicted molar refractivity (Wildman–Crippen MR) is 113 cm³/mol. The van der Waals surface area contributed by atoms with Crippen LogP contribution in [0.3, 0.4) is 0 Å². The van der Waals surface area contributed by atoms with E-state index in [4.69, 9.17) is 4.74 Å². The normalized spacial score (nSPS) is 11.8. The lowest BCUT2D eigenvalue weighted by atomic mass is 9.98. The summed E-state index contributed by atoms with van der Waals surface area (Å²) in [5.74, 6) is 2.58. The molecular weight excluding hydrogens is 400 g/mol. The number of phenols is 1. The molecule has 2 N–H and O–H groups in total. The van der Waals surface area contributed by atoms with Crippen LogP contribution < -0.4 is 5.32 Å². The molecular formula is C25H19F2NO3. The highest BCUT2D eigenvalue weighted by atomic mass is 19.2. The Bertz CT molecular complexity index is 1150. The molecule has 0 heterocycles. The van der Waals surface area contributed by atoms with Crippen LogP contribution in [0.1, 0.15) is 29.0 Å². The average Bonchev–Trinajstić information content (AvgIpc) is 3.09. The number of fused-ring (bicyclic) bond motifs is 3. The van der Waals surface area contributed by atoms with E-state index in [1.807, 2.05) is 36.4 Å². The molecule has 4 rings (SSSR count). The van der Waals surface area contributed by atoms with Crippen molar-refractivity contribution in [3.05, 3.63) is 89.0 Å². The number of ether oxygens (including phenoxy) is 1. The van der Waals surface area contributed by atoms with Gasteiger partial charge in [0.1, 0.15) is 12.4 Å². The fourth-order valence-corrected chi connectivity index (χ4v) is 3.67. The molecule has 6 heteroatoms. The molecule has 3 aromatic rings. The van der Waals surface area contributed by atoms with Crippen LogP contribution in [0.25, 0.3) is 11.1 Å². The molecule has 0 aromatic heterocycles. The lowest BCUT2D eigenvalue weighted by molar-refractivity contribution is 0.143. The van der Waals surface area contributed by atoms with E-state index >= 15 is 0 Å². The Hall–Kier alpha value is -3.85. The Balaban J connectivity index is 1.30. The first-order chi connectivity index (χ1) is 15.0. The van der Waals surface area contributed by atoms with Gasteiger partial charge in [0.15, 0.2) is 11.6 Å². The fraction of sp³-hybridized carbons (Fsp3) is 0.160. The van der Waals surface area contributed by atoms with Crippen molar-refractivity contribution >= 4 is 6.09 Å². The predicted octanol–water partition coefficient (Wildman–Crippen LogP) is 4.95. The molecule has 31 heavy (non-hydrogen) atoms. The van der Waals surface area contributed by atoms with Crippen molar-refractivity contribution in [3.63, 3.8) is 0 Å². The second kappa shape index (κ2) is 8.88. The van der Waals surface area contributed by atoms with E-state index < -0.39 is 23.5 Å². The molecule has 1 amide bonds. The van der Waals surface area contributed by atoms with Crippen molar-refractivity contribution in [1.82, 2.24) is 5.32 Å². The molecule has 0 radical (unpaired) electrons. The lowest BCUT2D eigenvalue weighted by Gasteiger charge is -2.14. The summed E-state index contributed by atoms with van der Waals surface area (Å²) in [7, 11) is 0. The van der Waals surface area contributed by atoms with Gasteiger partial charge >= 0.3 is 6.09 Å². The van der Waals surface area contributed by atoms with Gasteiger partial charge in [0.2, 0.25) is 0 Å². The van der Waals surface area contributed by atoms with Gasteiger partial charge in [-0.1, -0.05) is 60.4 Å². The van der Waals surface area contributed by atoms with E-state index in [1.54, 1.807) is 0 Å². The van der Waals surface area contributed by atoms with Gasteiger partial charge in [0.25, 0.3) is 0 Å². The Morgan fingerprint density at radius 2 is 1.61 bits per heavy atom. The minimum atomic E-state index is -1.14. The summed E-state index contributed by atoms with van der Waals surface area (Å²) in [6.45, 7) is 0.433. The van der Waals surface area contributed by atoms with Crippen LogP contribution in [-0.2, 0) is 4.74 Å². The standard InChI is InChI=1S/C25H19F2NO3/c26-22-13-16(24(29)14-23(22)27)7-5-6-12-28-25(30)31-15-21-19-10-3-1-8-17(19)18-9-2-4-11-20(18)21/h1-4,8-11,13-14,21,29H,6,12,15H2,(H,28,30). The molecule has 1 aliphatic rings. The minimum absolute atomic E-state index is 0.0139. The molecule has 4 nitrogen and oxygen atoms in total. The molecule has 156 valence electrons. The number of alkyl carbamates (subject to hydrolysis) is 1. The van der Waals surface area contributed by atoms with Crippen LogP contribution in [0.5, 0.6) is 5.75 Å². The van der Waals surface area contributed by atoms with Crippen LogP contribution in [0.2, 0.25) is 0 Å². The van der Waals surface area contributed by atoms with Gasteiger partial charge in [0.05, 0.1) is 5.56 Å². The second-order valence-corrected chi connectivity index (χ2v) is 7.09. The number of phenolic OH excluding ortho intramolecular Hbond substituents is 1. The maximum atomic E-state index is 13.2. The third-order valence-corrected chi connectivity index (χ3v) is 5.12. The average molecular weight is 419 g/mol. The van der Waals surface area contributed by atoms with Gasteiger partial charge < -0.3 is 15.2 Å². The summed E-state index contributed by atoms with van der Waals surface area (Å²) in [6.07, 6.45) is -0.304. The zero-order valence-electron chi connectivity index (χ0n) is 16.5. The topological polar surface area (TPSA) is 58.6 Å². The smallest absolute Gasteiger partial charge is 0.407 e. The van der Waals surface area contributed by atoms with Gasteiger partial charge in [-0.2, -0.15) is 0 Å². The number of carbonyl (C=O) groups excluding carboxylic acids is 1. The van der Waals surface area contributed by atoms with Gasteiger partial charge in [-0.05, 0) is 28.3 Å². The van der Waals surface area contributed by atoms with Crippen molar-refractivity contribution in [1.29, 1.82) is 0 Å². The van der Waals surface area contributed by atoms with E-state index in [0.29, 0.717) is 6.07 Å². The molecule has 0 bridgehead atoms. The largest absolute Gasteiger partial charge is 0.507 e. The summed E-state index contributed by atoms with van der Waals surface area (Å²) in [4.78, 5) is 12.1. The van der Waals surface area contributed by atoms with Crippen molar-refractivity contribution in [2.75, 3.05) is 13.2 Å². The number of hydrogen-bond donors (Lipinski definition) is 2. The van der Waals surface area contributed by atoms with Crippen molar-refractivity contribution in [2.45, 2.75) is 12.3 Å². The SMILES string of the molecule is O=C(NCCC#Cc1cc(F)c(F)cc1O)OCC1c2ccccc2-c2ccccc21. The monoisotopic (exact) mass is 419 g/mol. The van der Waals surface area contributed by atoms with Crippen LogP contribution >= 0.6 is 0 Å². The van der Waals surface area contributed by atoms with Crippen LogP contribution in [0.4, 0.5) is 13.6 Å². The Morgan fingerprint density at radius 1 is 1.00 bits per heavy atom. The molecule has 0 spiro atoms. The molecule has 0 saturated heterocycles. The van der Waals surface area contributed by atoms with Crippen LogP contribution in [0, 0.1) is 23.5 Å². The Labute approximate surface area is 178 Å². The minimum Gasteiger partial charge on any atom is -0.507 e. The molecule has 3 aromatic carbocycles. The first-order valence-corrected chi connectivity index (χ1v) is 9.80. The summed E-state index contributed by atoms with van der Waals surface area (Å²) in [5, 5.41) is 12.2. The zero-order chi connectivity index (χ0) is 21.8. The highest BCUT2D eigenvalue weighted by Crippen LogP contribution is 2.44. The van der Waals surface area contributed by atoms with Crippen molar-refractivity contribution < 1.29 is 23.4 Å². The summed E-state index contributed by atoms with van der Waals surface area (Å²) >= 11 is 0. The number of amides is 1. The Morgan fingerprint density at radius 3 is 2.29 bits per heavy atom. The van der Waals surface area contributed by atoms with Gasteiger partial charge in [-0.3, -0.25) is 0 Å². The van der Waals surface area contributed by atoms with Gasteiger partial charge in [-0.15, -0.1) is 0 Å². The summed E-state index contributed by atoms with van der Waals surface area (Å²) < 4.78 is 31.6. The number of halogens is 2. The van der Waals surface area contributed by atoms with Gasteiger partial charge in [0, 0.05) is 24.9 Å². The number of aromatic hydroxyl groups is 1. The summed E-state index contributed by atoms with van der Waals surface area (Å²) in [5.41, 5.74) is 4.56. The molecule has 0 unspecified atom stereocenters. The van der Waals surface area contributed by atoms with E-state index in [0.717, 1.165) is 28.3 Å². The fourth-order valence-electron chi connectivity index (χ4n) is 3.67. The lowest BCUT2D eigenvalue weighted by Crippen LogP contribution is -2.26. The molecule has 0 atom stereocenters. The number of benzene rings is 3. The van der Waals surface area contributed by atoms with Crippen LogP contribution in [0.15, 0.2) is 60.7 Å². The first kappa shape index (κ1) is 20.4. The number of nitrogens with one attached hydrogen (secondary N) is 1. The zero-order valence-corrected chi connectivity index (χ0v) is 16.5. The summed E-state index contributed by atoms with van der Waals surface area (Å²) in [6, 6.07) is 17.7. The highest BCUT2D eigenvalue weighted by Gasteiger charge is 2.28. The molecule has 0 fully saturated rings. The van der Waals surface area contributed by atoms with Crippen LogP contribution in [-0.4, -0.2) is 24.4 Å². The van der Waals surface area contributed by atoms with E-state index in [2.05, 4.69) is 29.3 Å². The van der Waals surface area contributed by atoms with E-state index in [1.165, 1.54) is 0 Å². The maximum Gasteiger partial charge on any atom is 0.407 e. The first-order valence-electron chi connectivity index (χ1n) is 9.80. The third-order valence-electron chi connectivity index (χ3n) is 5.12. The number of rotatable bonds is 4.